The van der Waals surface area contributed by atoms with Crippen LogP contribution in [0.4, 0.5) is 0 Å². The molecule has 0 amide bonds. The maximum Gasteiger partial charge on any atom is -0.0164 e. The van der Waals surface area contributed by atoms with E-state index in [9.17, 15) is 0 Å². The molecule has 0 saturated heterocycles. The summed E-state index contributed by atoms with van der Waals surface area (Å²) in [5, 5.41) is 0. The van der Waals surface area contributed by atoms with E-state index in [2.05, 4.69) is 33.2 Å². The van der Waals surface area contributed by atoms with Crippen LogP contribution in [0, 0.1) is 0 Å². The van der Waals surface area contributed by atoms with E-state index in [0.717, 1.165) is 29.6 Å². The molecular weight excluding hydrogens is 180 g/mol. The average molecular weight is 200 g/mol. The molecule has 15 heavy (non-hydrogen) atoms. The van der Waals surface area contributed by atoms with Gasteiger partial charge in [0, 0.05) is 0 Å². The van der Waals surface area contributed by atoms with Gasteiger partial charge in [-0.15, -0.1) is 0 Å². The second kappa shape index (κ2) is 7.81. The van der Waals surface area contributed by atoms with E-state index in [0.29, 0.717) is 0 Å². The van der Waals surface area contributed by atoms with Crippen molar-refractivity contribution in [3.63, 3.8) is 0 Å². The van der Waals surface area contributed by atoms with Crippen LogP contribution in [-0.2, 0) is 0 Å². The molecule has 0 aromatic carbocycles. The summed E-state index contributed by atoms with van der Waals surface area (Å²) in [5.41, 5.74) is 3.23. The lowest BCUT2D eigenvalue weighted by molar-refractivity contribution is 0.920. The fourth-order valence-corrected chi connectivity index (χ4v) is 1.34. The first-order chi connectivity index (χ1) is 7.21. The van der Waals surface area contributed by atoms with E-state index in [-0.39, 0.29) is 0 Å². The fourth-order valence-electron chi connectivity index (χ4n) is 1.34. The molecule has 0 N–H and O–H groups in total. The summed E-state index contributed by atoms with van der Waals surface area (Å²) >= 11 is 0. The molecule has 0 bridgehead atoms. The summed E-state index contributed by atoms with van der Waals surface area (Å²) in [6, 6.07) is 0. The Morgan fingerprint density at radius 1 is 1.13 bits per heavy atom. The van der Waals surface area contributed by atoms with Gasteiger partial charge >= 0.3 is 0 Å². The predicted octanol–water partition coefficient (Wildman–Crippen LogP) is 4.75. The molecule has 0 aliphatic rings. The summed E-state index contributed by atoms with van der Waals surface area (Å²) in [7, 11) is 0. The van der Waals surface area contributed by atoms with Crippen LogP contribution in [0.3, 0.4) is 0 Å². The Balaban J connectivity index is 5.14. The van der Waals surface area contributed by atoms with Gasteiger partial charge in [0.25, 0.3) is 0 Å². The lowest BCUT2D eigenvalue weighted by Gasteiger charge is -2.08. The summed E-state index contributed by atoms with van der Waals surface area (Å²) < 4.78 is 0. The normalized spacial score (nSPS) is 12.1. The van der Waals surface area contributed by atoms with Gasteiger partial charge in [-0.2, -0.15) is 0 Å². The van der Waals surface area contributed by atoms with E-state index >= 15 is 0 Å². The zero-order valence-corrected chi connectivity index (χ0v) is 9.63. The topological polar surface area (TPSA) is 0 Å². The van der Waals surface area contributed by atoms with Gasteiger partial charge in [-0.3, -0.25) is 0 Å². The van der Waals surface area contributed by atoms with E-state index in [4.69, 9.17) is 0 Å². The molecule has 0 heteroatoms. The quantitative estimate of drug-likeness (QED) is 0.520. The largest absolute Gasteiger partial charge is 0.0991 e. The van der Waals surface area contributed by atoms with Crippen LogP contribution >= 0.6 is 0 Å². The van der Waals surface area contributed by atoms with Gasteiger partial charge in [-0.1, -0.05) is 70.0 Å². The maximum atomic E-state index is 4.06. The molecule has 0 aliphatic carbocycles. The molecule has 0 nitrogen and oxygen atoms in total. The van der Waals surface area contributed by atoms with Crippen molar-refractivity contribution in [3.05, 3.63) is 73.4 Å². The van der Waals surface area contributed by atoms with Crippen LogP contribution in [0.1, 0.15) is 19.8 Å². The van der Waals surface area contributed by atoms with Crippen molar-refractivity contribution in [1.82, 2.24) is 0 Å². The molecule has 0 heterocycles. The molecule has 0 spiro atoms. The smallest absolute Gasteiger partial charge is 0.0164 e. The second-order valence-corrected chi connectivity index (χ2v) is 3.23. The summed E-state index contributed by atoms with van der Waals surface area (Å²) in [6.07, 6.45) is 11.3. The van der Waals surface area contributed by atoms with Crippen LogP contribution in [-0.4, -0.2) is 0 Å². The Kier molecular flexibility index (Phi) is 7.00. The van der Waals surface area contributed by atoms with Crippen molar-refractivity contribution in [2.45, 2.75) is 19.8 Å². The zero-order chi connectivity index (χ0) is 11.7. The molecule has 0 radical (unpaired) electrons. The predicted molar refractivity (Wildman–Crippen MR) is 70.8 cm³/mol. The van der Waals surface area contributed by atoms with Gasteiger partial charge in [0.2, 0.25) is 0 Å². The minimum Gasteiger partial charge on any atom is -0.0991 e. The molecule has 0 saturated carbocycles. The van der Waals surface area contributed by atoms with E-state index in [1.54, 1.807) is 6.08 Å². The highest BCUT2D eigenvalue weighted by atomic mass is 14.1. The van der Waals surface area contributed by atoms with Crippen LogP contribution in [0.15, 0.2) is 73.4 Å². The van der Waals surface area contributed by atoms with Crippen molar-refractivity contribution >= 4 is 0 Å². The van der Waals surface area contributed by atoms with Crippen molar-refractivity contribution in [2.75, 3.05) is 0 Å². The molecule has 0 atom stereocenters. The van der Waals surface area contributed by atoms with E-state index < -0.39 is 0 Å². The molecule has 0 rings (SSSR count). The molecule has 80 valence electrons. The molecule has 0 aromatic rings. The third kappa shape index (κ3) is 4.46. The molecule has 0 aromatic heterocycles. The number of rotatable bonds is 7. The highest BCUT2D eigenvalue weighted by Gasteiger charge is 2.01. The van der Waals surface area contributed by atoms with Gasteiger partial charge in [0.05, 0.1) is 0 Å². The minimum absolute atomic E-state index is 0.987. The monoisotopic (exact) mass is 200 g/mol. The third-order valence-electron chi connectivity index (χ3n) is 2.08. The van der Waals surface area contributed by atoms with Gasteiger partial charge in [0.15, 0.2) is 0 Å². The van der Waals surface area contributed by atoms with Gasteiger partial charge in [0.1, 0.15) is 0 Å². The van der Waals surface area contributed by atoms with Crippen LogP contribution in [0.25, 0.3) is 0 Å². The van der Waals surface area contributed by atoms with E-state index in [1.807, 2.05) is 24.3 Å². The Labute approximate surface area is 93.7 Å². The average Bonchev–Trinajstić information content (AvgIpc) is 2.24. The van der Waals surface area contributed by atoms with Crippen molar-refractivity contribution in [1.29, 1.82) is 0 Å². The minimum atomic E-state index is 0.987. The third-order valence-corrected chi connectivity index (χ3v) is 2.08. The van der Waals surface area contributed by atoms with Crippen molar-refractivity contribution in [2.24, 2.45) is 0 Å². The Bertz CT molecular complexity index is 311. The first-order valence-corrected chi connectivity index (χ1v) is 5.17. The number of hydrogen-bond acceptors (Lipinski definition) is 0. The Morgan fingerprint density at radius 2 is 1.80 bits per heavy atom. The molecular formula is C15H20. The Hall–Kier alpha value is -1.56. The lowest BCUT2D eigenvalue weighted by Crippen LogP contribution is -1.89. The van der Waals surface area contributed by atoms with Crippen molar-refractivity contribution < 1.29 is 0 Å². The van der Waals surface area contributed by atoms with E-state index in [1.165, 1.54) is 0 Å². The number of hydrogen-bond donors (Lipinski definition) is 0. The highest BCUT2D eigenvalue weighted by Crippen LogP contribution is 2.20. The second-order valence-electron chi connectivity index (χ2n) is 3.23. The molecule has 0 aliphatic heterocycles. The van der Waals surface area contributed by atoms with Crippen molar-refractivity contribution in [3.8, 4) is 0 Å². The summed E-state index contributed by atoms with van der Waals surface area (Å²) in [5.74, 6) is 0. The lowest BCUT2D eigenvalue weighted by atomic mass is 9.97. The van der Waals surface area contributed by atoms with Gasteiger partial charge in [-0.25, -0.2) is 0 Å². The molecule has 0 fully saturated rings. The van der Waals surface area contributed by atoms with Crippen LogP contribution < -0.4 is 0 Å². The van der Waals surface area contributed by atoms with Crippen LogP contribution in [0.5, 0.6) is 0 Å². The van der Waals surface area contributed by atoms with Crippen LogP contribution in [0.2, 0.25) is 0 Å². The number of allylic oxidation sites excluding steroid dienone is 8. The first-order valence-electron chi connectivity index (χ1n) is 5.17. The zero-order valence-electron chi connectivity index (χ0n) is 9.63. The Morgan fingerprint density at radius 3 is 2.20 bits per heavy atom. The summed E-state index contributed by atoms with van der Waals surface area (Å²) in [6.45, 7) is 17.4. The fraction of sp³-hybridized carbons (Fsp3) is 0.200. The maximum absolute atomic E-state index is 4.06. The summed E-state index contributed by atoms with van der Waals surface area (Å²) in [4.78, 5) is 0. The first kappa shape index (κ1) is 13.4. The van der Waals surface area contributed by atoms with Gasteiger partial charge in [-0.05, 0) is 23.1 Å². The van der Waals surface area contributed by atoms with Gasteiger partial charge < -0.3 is 0 Å². The standard InChI is InChI=1S/C15H20/c1-6-10-12-14(8-3)15(9-4)13(5)11-7-2/h6,8-10,12H,1,3-5,7,11H2,2H3/b12-10-,15-14-. The SMILES string of the molecule is C=C/C=C\C(C=C)=C(\C=C)C(=C)CCC. The highest BCUT2D eigenvalue weighted by molar-refractivity contribution is 5.49. The molecule has 0 unspecified atom stereocenters.